The maximum atomic E-state index is 13.6. The topological polar surface area (TPSA) is 54.4 Å². The van der Waals surface area contributed by atoms with Crippen LogP contribution in [0.1, 0.15) is 25.7 Å². The summed E-state index contributed by atoms with van der Waals surface area (Å²) in [5.74, 6) is -6.95. The smallest absolute Gasteiger partial charge is 0.281 e. The summed E-state index contributed by atoms with van der Waals surface area (Å²) in [6, 6.07) is 0. The van der Waals surface area contributed by atoms with Crippen LogP contribution in [0.3, 0.4) is 0 Å². The van der Waals surface area contributed by atoms with Crippen LogP contribution in [0, 0.1) is 17.8 Å². The van der Waals surface area contributed by atoms with Gasteiger partial charge in [0.1, 0.15) is 0 Å². The van der Waals surface area contributed by atoms with E-state index in [0.29, 0.717) is 12.8 Å². The van der Waals surface area contributed by atoms with Crippen molar-refractivity contribution in [2.24, 2.45) is 17.8 Å². The largest absolute Gasteiger partial charge is 0.431 e. The number of hydrogen-bond donors (Lipinski definition) is 1. The Kier molecular flexibility index (Phi) is 4.02. The van der Waals surface area contributed by atoms with Gasteiger partial charge >= 0.3 is 21.3 Å². The van der Waals surface area contributed by atoms with Crippen molar-refractivity contribution in [1.29, 1.82) is 0 Å². The highest BCUT2D eigenvalue weighted by Gasteiger charge is 2.71. The van der Waals surface area contributed by atoms with Gasteiger partial charge < -0.3 is 0 Å². The average Bonchev–Trinajstić information content (AvgIpc) is 2.76. The molecule has 0 aliphatic heterocycles. The van der Waals surface area contributed by atoms with E-state index in [1.165, 1.54) is 0 Å². The van der Waals surface area contributed by atoms with E-state index in [4.69, 9.17) is 4.55 Å². The van der Waals surface area contributed by atoms with Gasteiger partial charge in [0.25, 0.3) is 0 Å². The summed E-state index contributed by atoms with van der Waals surface area (Å²) in [6.45, 7) is 0. The molecular formula is C9H14F4O3S2. The van der Waals surface area contributed by atoms with Crippen molar-refractivity contribution in [3.8, 4) is 0 Å². The molecule has 2 fully saturated rings. The van der Waals surface area contributed by atoms with Crippen molar-refractivity contribution in [2.45, 2.75) is 36.9 Å². The molecule has 2 aliphatic rings. The second-order valence-electron chi connectivity index (χ2n) is 4.90. The molecule has 9 heteroatoms. The van der Waals surface area contributed by atoms with Gasteiger partial charge in [0, 0.05) is 5.92 Å². The van der Waals surface area contributed by atoms with Gasteiger partial charge in [-0.15, -0.1) is 0 Å². The zero-order valence-electron chi connectivity index (χ0n) is 9.24. The normalized spacial score (nSPS) is 32.4. The van der Waals surface area contributed by atoms with Gasteiger partial charge in [-0.05, 0) is 31.1 Å². The Morgan fingerprint density at radius 2 is 1.61 bits per heavy atom. The van der Waals surface area contributed by atoms with E-state index in [1.54, 1.807) is 0 Å². The Hall–Kier alpha value is -0.0200. The van der Waals surface area contributed by atoms with Crippen molar-refractivity contribution < 1.29 is 30.5 Å². The second kappa shape index (κ2) is 4.52. The van der Waals surface area contributed by atoms with Gasteiger partial charge in [0.2, 0.25) is 0 Å². The average molecular weight is 310 g/mol. The molecule has 0 amide bonds. The number of alkyl halides is 4. The highest BCUT2D eigenvalue weighted by molar-refractivity contribution is 7.87. The van der Waals surface area contributed by atoms with Gasteiger partial charge in [-0.1, -0.05) is 6.42 Å². The molecule has 18 heavy (non-hydrogen) atoms. The van der Waals surface area contributed by atoms with Gasteiger partial charge in [-0.2, -0.15) is 39.5 Å². The van der Waals surface area contributed by atoms with Gasteiger partial charge in [0.15, 0.2) is 0 Å². The summed E-state index contributed by atoms with van der Waals surface area (Å²) in [6.07, 6.45) is 1.51. The summed E-state index contributed by atoms with van der Waals surface area (Å²) < 4.78 is 82.4. The minimum Gasteiger partial charge on any atom is -0.281 e. The van der Waals surface area contributed by atoms with Crippen molar-refractivity contribution in [2.75, 3.05) is 0 Å². The third-order valence-electron chi connectivity index (χ3n) is 3.92. The van der Waals surface area contributed by atoms with E-state index >= 15 is 0 Å². The standard InChI is InChI=1S/C9H12F4O3S.H2S/c10-8(11,9(12,13)17(14,15)16)7-4-5-1-2-6(7)3-5;/h5-7H,1-4H2,(H,14,15,16);1H2. The molecule has 2 rings (SSSR count). The van der Waals surface area contributed by atoms with Crippen molar-refractivity contribution in [3.05, 3.63) is 0 Å². The van der Waals surface area contributed by atoms with Crippen LogP contribution < -0.4 is 0 Å². The minimum absolute atomic E-state index is 0. The minimum atomic E-state index is -6.10. The number of hydrogen-bond acceptors (Lipinski definition) is 2. The summed E-state index contributed by atoms with van der Waals surface area (Å²) in [7, 11) is -6.10. The fourth-order valence-corrected chi connectivity index (χ4v) is 3.57. The molecule has 0 aromatic heterocycles. The van der Waals surface area contributed by atoms with E-state index in [1.807, 2.05) is 0 Å². The van der Waals surface area contributed by atoms with Crippen molar-refractivity contribution in [3.63, 3.8) is 0 Å². The van der Waals surface area contributed by atoms with Crippen LogP contribution in [0.25, 0.3) is 0 Å². The highest BCUT2D eigenvalue weighted by Crippen LogP contribution is 2.58. The summed E-state index contributed by atoms with van der Waals surface area (Å²) in [5.41, 5.74) is 0. The van der Waals surface area contributed by atoms with E-state index in [2.05, 4.69) is 0 Å². The molecule has 2 bridgehead atoms. The maximum Gasteiger partial charge on any atom is 0.431 e. The lowest BCUT2D eigenvalue weighted by molar-refractivity contribution is -0.202. The van der Waals surface area contributed by atoms with Gasteiger partial charge in [-0.25, -0.2) is 0 Å². The Balaban J connectivity index is 0.00000162. The lowest BCUT2D eigenvalue weighted by Gasteiger charge is -2.33. The first-order valence-electron chi connectivity index (χ1n) is 5.30. The molecule has 2 aliphatic carbocycles. The monoisotopic (exact) mass is 310 g/mol. The van der Waals surface area contributed by atoms with Crippen LogP contribution in [0.15, 0.2) is 0 Å². The summed E-state index contributed by atoms with van der Waals surface area (Å²) in [4.78, 5) is 0. The van der Waals surface area contributed by atoms with Crippen LogP contribution in [-0.2, 0) is 10.1 Å². The molecule has 0 saturated heterocycles. The summed E-state index contributed by atoms with van der Waals surface area (Å²) in [5, 5.41) is -5.41. The van der Waals surface area contributed by atoms with E-state index < -0.39 is 33.1 Å². The van der Waals surface area contributed by atoms with Gasteiger partial charge in [0.05, 0.1) is 0 Å². The Morgan fingerprint density at radius 1 is 1.06 bits per heavy atom. The van der Waals surface area contributed by atoms with Crippen LogP contribution in [-0.4, -0.2) is 24.1 Å². The van der Waals surface area contributed by atoms with Gasteiger partial charge in [-0.3, -0.25) is 4.55 Å². The van der Waals surface area contributed by atoms with Crippen LogP contribution in [0.5, 0.6) is 0 Å². The zero-order valence-corrected chi connectivity index (χ0v) is 11.1. The fraction of sp³-hybridized carbons (Fsp3) is 1.00. The summed E-state index contributed by atoms with van der Waals surface area (Å²) >= 11 is 0. The quantitative estimate of drug-likeness (QED) is 0.644. The first kappa shape index (κ1) is 16.0. The Bertz CT molecular complexity index is 424. The van der Waals surface area contributed by atoms with Crippen LogP contribution in [0.4, 0.5) is 17.6 Å². The molecular weight excluding hydrogens is 296 g/mol. The number of fused-ring (bicyclic) bond motifs is 2. The molecule has 2 saturated carbocycles. The van der Waals surface area contributed by atoms with Crippen molar-refractivity contribution >= 4 is 23.6 Å². The molecule has 3 atom stereocenters. The van der Waals surface area contributed by atoms with Crippen LogP contribution >= 0.6 is 13.5 Å². The highest BCUT2D eigenvalue weighted by atomic mass is 32.2. The molecule has 1 N–H and O–H groups in total. The number of halogens is 4. The fourth-order valence-electron chi connectivity index (χ4n) is 3.08. The molecule has 0 spiro atoms. The molecule has 0 radical (unpaired) electrons. The van der Waals surface area contributed by atoms with Crippen LogP contribution in [0.2, 0.25) is 0 Å². The maximum absolute atomic E-state index is 13.6. The SMILES string of the molecule is O=S(=O)(O)C(F)(F)C(F)(F)C1CC2CCC1C2.S. The first-order chi connectivity index (χ1) is 7.57. The zero-order chi connectivity index (χ0) is 13.1. The van der Waals surface area contributed by atoms with E-state index in [0.717, 1.165) is 6.42 Å². The molecule has 0 aromatic rings. The second-order valence-corrected chi connectivity index (χ2v) is 6.36. The third-order valence-corrected chi connectivity index (χ3v) is 4.84. The molecule has 3 unspecified atom stereocenters. The predicted molar refractivity (Wildman–Crippen MR) is 60.8 cm³/mol. The lowest BCUT2D eigenvalue weighted by Crippen LogP contribution is -2.52. The van der Waals surface area contributed by atoms with E-state index in [9.17, 15) is 26.0 Å². The van der Waals surface area contributed by atoms with Crippen molar-refractivity contribution in [1.82, 2.24) is 0 Å². The lowest BCUT2D eigenvalue weighted by atomic mass is 9.84. The Labute approximate surface area is 109 Å². The number of rotatable bonds is 3. The predicted octanol–water partition coefficient (Wildman–Crippen LogP) is 2.65. The van der Waals surface area contributed by atoms with E-state index in [-0.39, 0.29) is 25.8 Å². The first-order valence-corrected chi connectivity index (χ1v) is 6.74. The molecule has 0 aromatic carbocycles. The Morgan fingerprint density at radius 3 is 1.94 bits per heavy atom. The molecule has 108 valence electrons. The molecule has 3 nitrogen and oxygen atoms in total. The molecule has 0 heterocycles. The third kappa shape index (κ3) is 2.14.